The first-order valence-corrected chi connectivity index (χ1v) is 11.2. The van der Waals surface area contributed by atoms with Crippen LogP contribution in [-0.2, 0) is 29.9 Å². The molecule has 2 heterocycles. The van der Waals surface area contributed by atoms with E-state index in [1.54, 1.807) is 34.8 Å². The standard InChI is InChI=1S/C21H21N3O2S2/c1-26-11-10-24-20(25)18-16-4-2-3-5-17(16)28-19(18)23-21(24)27-13-15-8-6-14(12-22)7-9-15/h6-9H,2-5,10-11,13H2,1H3. The minimum atomic E-state index is 0.0591. The van der Waals surface area contributed by atoms with Crippen LogP contribution in [0.25, 0.3) is 10.2 Å². The molecule has 0 unspecified atom stereocenters. The van der Waals surface area contributed by atoms with Gasteiger partial charge in [-0.25, -0.2) is 4.98 Å². The second kappa shape index (κ2) is 8.48. The number of ether oxygens (including phenoxy) is 1. The summed E-state index contributed by atoms with van der Waals surface area (Å²) in [7, 11) is 1.65. The van der Waals surface area contributed by atoms with Crippen LogP contribution in [0, 0.1) is 11.3 Å². The van der Waals surface area contributed by atoms with Crippen molar-refractivity contribution < 1.29 is 4.74 Å². The maximum atomic E-state index is 13.3. The van der Waals surface area contributed by atoms with Gasteiger partial charge < -0.3 is 4.74 Å². The maximum absolute atomic E-state index is 13.3. The number of hydrogen-bond donors (Lipinski definition) is 0. The molecule has 0 spiro atoms. The summed E-state index contributed by atoms with van der Waals surface area (Å²) in [6, 6.07) is 9.67. The zero-order valence-electron chi connectivity index (χ0n) is 15.7. The molecule has 28 heavy (non-hydrogen) atoms. The van der Waals surface area contributed by atoms with E-state index < -0.39 is 0 Å². The second-order valence-electron chi connectivity index (χ2n) is 6.83. The van der Waals surface area contributed by atoms with E-state index in [-0.39, 0.29) is 5.56 Å². The Bertz CT molecular complexity index is 1090. The van der Waals surface area contributed by atoms with Gasteiger partial charge in [-0.1, -0.05) is 23.9 Å². The van der Waals surface area contributed by atoms with Crippen molar-refractivity contribution in [3.05, 3.63) is 56.2 Å². The molecule has 2 aromatic heterocycles. The van der Waals surface area contributed by atoms with Crippen molar-refractivity contribution in [3.8, 4) is 6.07 Å². The van der Waals surface area contributed by atoms with Crippen LogP contribution in [0.3, 0.4) is 0 Å². The minimum absolute atomic E-state index is 0.0591. The van der Waals surface area contributed by atoms with Gasteiger partial charge in [0, 0.05) is 17.7 Å². The Kier molecular flexibility index (Phi) is 5.81. The number of fused-ring (bicyclic) bond motifs is 3. The summed E-state index contributed by atoms with van der Waals surface area (Å²) in [4.78, 5) is 20.4. The quantitative estimate of drug-likeness (QED) is 0.450. The molecule has 1 aromatic carbocycles. The number of benzene rings is 1. The summed E-state index contributed by atoms with van der Waals surface area (Å²) in [6.45, 7) is 0.975. The van der Waals surface area contributed by atoms with E-state index in [9.17, 15) is 4.79 Å². The molecule has 0 saturated heterocycles. The van der Waals surface area contributed by atoms with E-state index in [0.29, 0.717) is 24.5 Å². The smallest absolute Gasteiger partial charge is 0.263 e. The van der Waals surface area contributed by atoms with Crippen LogP contribution in [-0.4, -0.2) is 23.3 Å². The molecule has 0 N–H and O–H groups in total. The van der Waals surface area contributed by atoms with Crippen molar-refractivity contribution in [1.29, 1.82) is 5.26 Å². The maximum Gasteiger partial charge on any atom is 0.263 e. The average Bonchev–Trinajstić information content (AvgIpc) is 3.10. The topological polar surface area (TPSA) is 67.9 Å². The highest BCUT2D eigenvalue weighted by atomic mass is 32.2. The largest absolute Gasteiger partial charge is 0.383 e. The summed E-state index contributed by atoms with van der Waals surface area (Å²) in [6.07, 6.45) is 4.37. The van der Waals surface area contributed by atoms with Crippen molar-refractivity contribution in [3.63, 3.8) is 0 Å². The van der Waals surface area contributed by atoms with Gasteiger partial charge in [0.2, 0.25) is 0 Å². The number of nitriles is 1. The third-order valence-corrected chi connectivity index (χ3v) is 7.24. The van der Waals surface area contributed by atoms with Gasteiger partial charge in [0.25, 0.3) is 5.56 Å². The molecule has 0 aliphatic heterocycles. The van der Waals surface area contributed by atoms with Crippen LogP contribution in [0.2, 0.25) is 0 Å². The summed E-state index contributed by atoms with van der Waals surface area (Å²) >= 11 is 3.24. The van der Waals surface area contributed by atoms with E-state index in [1.165, 1.54) is 16.9 Å². The lowest BCUT2D eigenvalue weighted by Crippen LogP contribution is -2.25. The monoisotopic (exact) mass is 411 g/mol. The van der Waals surface area contributed by atoms with Gasteiger partial charge >= 0.3 is 0 Å². The van der Waals surface area contributed by atoms with E-state index in [4.69, 9.17) is 15.0 Å². The lowest BCUT2D eigenvalue weighted by Gasteiger charge is -2.13. The molecule has 4 rings (SSSR count). The summed E-state index contributed by atoms with van der Waals surface area (Å²) in [5, 5.41) is 10.5. The molecule has 7 heteroatoms. The van der Waals surface area contributed by atoms with Crippen LogP contribution < -0.4 is 5.56 Å². The fourth-order valence-electron chi connectivity index (χ4n) is 3.53. The molecule has 0 saturated carbocycles. The van der Waals surface area contributed by atoms with E-state index in [2.05, 4.69) is 6.07 Å². The third kappa shape index (κ3) is 3.72. The number of aromatic nitrogens is 2. The Balaban J connectivity index is 1.71. The summed E-state index contributed by atoms with van der Waals surface area (Å²) in [5.41, 5.74) is 3.03. The number of thiophene rings is 1. The molecule has 144 valence electrons. The first kappa shape index (κ1) is 19.2. The van der Waals surface area contributed by atoms with Gasteiger partial charge in [0.05, 0.1) is 30.2 Å². The number of rotatable bonds is 6. The average molecular weight is 412 g/mol. The molecule has 0 fully saturated rings. The lowest BCUT2D eigenvalue weighted by molar-refractivity contribution is 0.183. The first-order valence-electron chi connectivity index (χ1n) is 9.37. The number of aryl methyl sites for hydroxylation is 2. The Morgan fingerprint density at radius 2 is 2.07 bits per heavy atom. The van der Waals surface area contributed by atoms with Gasteiger partial charge in [-0.2, -0.15) is 5.26 Å². The molecule has 0 radical (unpaired) electrons. The summed E-state index contributed by atoms with van der Waals surface area (Å²) < 4.78 is 6.99. The summed E-state index contributed by atoms with van der Waals surface area (Å²) in [5.74, 6) is 0.696. The van der Waals surface area contributed by atoms with Crippen LogP contribution in [0.15, 0.2) is 34.2 Å². The molecule has 1 aliphatic rings. The predicted molar refractivity (Wildman–Crippen MR) is 113 cm³/mol. The highest BCUT2D eigenvalue weighted by molar-refractivity contribution is 7.98. The number of nitrogens with zero attached hydrogens (tertiary/aromatic N) is 3. The third-order valence-electron chi connectivity index (χ3n) is 5.01. The zero-order valence-corrected chi connectivity index (χ0v) is 17.4. The molecular formula is C21H21N3O2S2. The fraction of sp³-hybridized carbons (Fsp3) is 0.381. The molecule has 1 aliphatic carbocycles. The molecule has 5 nitrogen and oxygen atoms in total. The minimum Gasteiger partial charge on any atom is -0.383 e. The van der Waals surface area contributed by atoms with Crippen molar-refractivity contribution in [2.75, 3.05) is 13.7 Å². The van der Waals surface area contributed by atoms with Crippen LogP contribution in [0.4, 0.5) is 0 Å². The second-order valence-corrected chi connectivity index (χ2v) is 8.86. The molecular weight excluding hydrogens is 390 g/mol. The normalized spacial score (nSPS) is 13.4. The Morgan fingerprint density at radius 3 is 2.82 bits per heavy atom. The number of methoxy groups -OCH3 is 1. The van der Waals surface area contributed by atoms with E-state index in [0.717, 1.165) is 40.2 Å². The Labute approximate surface area is 172 Å². The van der Waals surface area contributed by atoms with Crippen molar-refractivity contribution >= 4 is 33.3 Å². The van der Waals surface area contributed by atoms with Crippen LogP contribution >= 0.6 is 23.1 Å². The lowest BCUT2D eigenvalue weighted by atomic mass is 9.97. The first-order chi connectivity index (χ1) is 13.7. The highest BCUT2D eigenvalue weighted by Gasteiger charge is 2.22. The molecule has 3 aromatic rings. The number of thioether (sulfide) groups is 1. The Morgan fingerprint density at radius 1 is 1.29 bits per heavy atom. The van der Waals surface area contributed by atoms with Crippen LogP contribution in [0.5, 0.6) is 0 Å². The van der Waals surface area contributed by atoms with Crippen molar-refractivity contribution in [2.45, 2.75) is 43.1 Å². The van der Waals surface area contributed by atoms with E-state index in [1.807, 2.05) is 24.3 Å². The fourth-order valence-corrected chi connectivity index (χ4v) is 5.82. The van der Waals surface area contributed by atoms with Crippen LogP contribution in [0.1, 0.15) is 34.4 Å². The van der Waals surface area contributed by atoms with E-state index >= 15 is 0 Å². The van der Waals surface area contributed by atoms with Gasteiger partial charge in [-0.05, 0) is 48.9 Å². The molecule has 0 atom stereocenters. The highest BCUT2D eigenvalue weighted by Crippen LogP contribution is 2.35. The predicted octanol–water partition coefficient (Wildman–Crippen LogP) is 4.15. The van der Waals surface area contributed by atoms with Gasteiger partial charge in [0.15, 0.2) is 5.16 Å². The van der Waals surface area contributed by atoms with Gasteiger partial charge in [-0.3, -0.25) is 9.36 Å². The number of hydrogen-bond acceptors (Lipinski definition) is 6. The van der Waals surface area contributed by atoms with Gasteiger partial charge in [-0.15, -0.1) is 11.3 Å². The SMILES string of the molecule is COCCn1c(SCc2ccc(C#N)cc2)nc2sc3c(c2c1=O)CCCC3. The zero-order chi connectivity index (χ0) is 19.5. The Hall–Kier alpha value is -2.14. The molecule has 0 bridgehead atoms. The van der Waals surface area contributed by atoms with Gasteiger partial charge in [0.1, 0.15) is 4.83 Å². The molecule has 0 amide bonds. The van der Waals surface area contributed by atoms with Crippen molar-refractivity contribution in [1.82, 2.24) is 9.55 Å². The van der Waals surface area contributed by atoms with Crippen molar-refractivity contribution in [2.24, 2.45) is 0 Å².